The summed E-state index contributed by atoms with van der Waals surface area (Å²) in [6.07, 6.45) is 1.02. The fourth-order valence-corrected chi connectivity index (χ4v) is 3.15. The smallest absolute Gasteiger partial charge is 0.237 e. The predicted octanol–water partition coefficient (Wildman–Crippen LogP) is 1.29. The maximum Gasteiger partial charge on any atom is 0.237 e. The Bertz CT molecular complexity index is 533. The Labute approximate surface area is 138 Å². The van der Waals surface area contributed by atoms with Crippen LogP contribution in [0.3, 0.4) is 0 Å². The third kappa shape index (κ3) is 4.45. The maximum absolute atomic E-state index is 12.2. The standard InChI is InChI=1S/C18H29N3O2/c1-4-13-7-5-6-8-16(13)21-10-15(17(22)11-21)20-18(23)14(19)9-12(2)3/h5-8,12,14-15,17,22H,4,9-11,19H2,1-3H3,(H,20,23)/t14-,15?,17?/m0/s1. The molecule has 0 spiro atoms. The van der Waals surface area contributed by atoms with Gasteiger partial charge in [0, 0.05) is 18.8 Å². The third-order valence-electron chi connectivity index (χ3n) is 4.39. The number of rotatable bonds is 6. The van der Waals surface area contributed by atoms with Gasteiger partial charge in [-0.3, -0.25) is 4.79 Å². The number of carbonyl (C=O) groups is 1. The van der Waals surface area contributed by atoms with Crippen molar-refractivity contribution in [2.75, 3.05) is 18.0 Å². The molecule has 4 N–H and O–H groups in total. The van der Waals surface area contributed by atoms with Gasteiger partial charge in [-0.1, -0.05) is 39.0 Å². The van der Waals surface area contributed by atoms with E-state index in [0.29, 0.717) is 25.4 Å². The summed E-state index contributed by atoms with van der Waals surface area (Å²) in [6, 6.07) is 7.42. The van der Waals surface area contributed by atoms with Crippen molar-refractivity contribution < 1.29 is 9.90 Å². The van der Waals surface area contributed by atoms with Gasteiger partial charge in [-0.05, 0) is 30.4 Å². The molecule has 1 amide bonds. The van der Waals surface area contributed by atoms with Gasteiger partial charge in [0.05, 0.1) is 18.2 Å². The quantitative estimate of drug-likeness (QED) is 0.738. The summed E-state index contributed by atoms with van der Waals surface area (Å²) >= 11 is 0. The Morgan fingerprint density at radius 1 is 1.39 bits per heavy atom. The van der Waals surface area contributed by atoms with E-state index in [1.54, 1.807) is 0 Å². The van der Waals surface area contributed by atoms with Crippen LogP contribution in [0, 0.1) is 5.92 Å². The molecule has 1 aromatic rings. The molecule has 128 valence electrons. The van der Waals surface area contributed by atoms with Crippen molar-refractivity contribution in [2.24, 2.45) is 11.7 Å². The van der Waals surface area contributed by atoms with Crippen molar-refractivity contribution in [1.82, 2.24) is 5.32 Å². The summed E-state index contributed by atoms with van der Waals surface area (Å²) < 4.78 is 0. The summed E-state index contributed by atoms with van der Waals surface area (Å²) in [5.41, 5.74) is 8.32. The Morgan fingerprint density at radius 2 is 2.09 bits per heavy atom. The van der Waals surface area contributed by atoms with Gasteiger partial charge in [0.25, 0.3) is 0 Å². The lowest BCUT2D eigenvalue weighted by atomic mass is 10.0. The number of anilines is 1. The average molecular weight is 319 g/mol. The summed E-state index contributed by atoms with van der Waals surface area (Å²) in [7, 11) is 0. The van der Waals surface area contributed by atoms with Crippen LogP contribution in [0.1, 0.15) is 32.8 Å². The highest BCUT2D eigenvalue weighted by Crippen LogP contribution is 2.25. The molecule has 0 aromatic heterocycles. The predicted molar refractivity (Wildman–Crippen MR) is 93.4 cm³/mol. The monoisotopic (exact) mass is 319 g/mol. The topological polar surface area (TPSA) is 78.6 Å². The van der Waals surface area contributed by atoms with Crippen LogP contribution in [0.15, 0.2) is 24.3 Å². The van der Waals surface area contributed by atoms with Crippen LogP contribution in [0.5, 0.6) is 0 Å². The number of amides is 1. The van der Waals surface area contributed by atoms with E-state index in [2.05, 4.69) is 29.3 Å². The second kappa shape index (κ2) is 7.79. The van der Waals surface area contributed by atoms with Gasteiger partial charge in [0.2, 0.25) is 5.91 Å². The number of nitrogens with zero attached hydrogens (tertiary/aromatic N) is 1. The van der Waals surface area contributed by atoms with Crippen molar-refractivity contribution in [3.8, 4) is 0 Å². The SMILES string of the molecule is CCc1ccccc1N1CC(O)C(NC(=O)[C@@H](N)CC(C)C)C1. The minimum absolute atomic E-state index is 0.173. The summed E-state index contributed by atoms with van der Waals surface area (Å²) in [5, 5.41) is 13.2. The van der Waals surface area contributed by atoms with Crippen LogP contribution < -0.4 is 16.0 Å². The number of para-hydroxylation sites is 1. The Morgan fingerprint density at radius 3 is 2.74 bits per heavy atom. The average Bonchev–Trinajstić information content (AvgIpc) is 2.87. The molecule has 5 heteroatoms. The molecule has 1 fully saturated rings. The van der Waals surface area contributed by atoms with E-state index >= 15 is 0 Å². The zero-order valence-corrected chi connectivity index (χ0v) is 14.3. The van der Waals surface area contributed by atoms with Crippen LogP contribution in [0.4, 0.5) is 5.69 Å². The van der Waals surface area contributed by atoms with E-state index in [1.165, 1.54) is 5.56 Å². The molecule has 3 atom stereocenters. The molecular weight excluding hydrogens is 290 g/mol. The second-order valence-electron chi connectivity index (χ2n) is 6.81. The van der Waals surface area contributed by atoms with Crippen LogP contribution in [-0.4, -0.2) is 42.3 Å². The number of nitrogens with two attached hydrogens (primary N) is 1. The van der Waals surface area contributed by atoms with Crippen molar-refractivity contribution in [1.29, 1.82) is 0 Å². The first kappa shape index (κ1) is 17.8. The van der Waals surface area contributed by atoms with Gasteiger partial charge >= 0.3 is 0 Å². The van der Waals surface area contributed by atoms with Crippen molar-refractivity contribution in [2.45, 2.75) is 51.8 Å². The number of aliphatic hydroxyl groups excluding tert-OH is 1. The first-order chi connectivity index (χ1) is 10.9. The summed E-state index contributed by atoms with van der Waals surface area (Å²) in [4.78, 5) is 14.3. The lowest BCUT2D eigenvalue weighted by Crippen LogP contribution is -2.50. The lowest BCUT2D eigenvalue weighted by molar-refractivity contribution is -0.123. The van der Waals surface area contributed by atoms with E-state index in [1.807, 2.05) is 26.0 Å². The van der Waals surface area contributed by atoms with Crippen LogP contribution in [-0.2, 0) is 11.2 Å². The van der Waals surface area contributed by atoms with Gasteiger partial charge < -0.3 is 21.1 Å². The number of benzene rings is 1. The number of aryl methyl sites for hydroxylation is 1. The van der Waals surface area contributed by atoms with E-state index in [-0.39, 0.29) is 11.9 Å². The number of nitrogens with one attached hydrogen (secondary N) is 1. The molecule has 23 heavy (non-hydrogen) atoms. The van der Waals surface area contributed by atoms with Gasteiger partial charge in [0.1, 0.15) is 0 Å². The number of carbonyl (C=O) groups excluding carboxylic acids is 1. The minimum atomic E-state index is -0.574. The van der Waals surface area contributed by atoms with Gasteiger partial charge in [-0.2, -0.15) is 0 Å². The van der Waals surface area contributed by atoms with Crippen molar-refractivity contribution >= 4 is 11.6 Å². The zero-order valence-electron chi connectivity index (χ0n) is 14.3. The summed E-state index contributed by atoms with van der Waals surface area (Å²) in [5.74, 6) is 0.200. The molecule has 2 unspecified atom stereocenters. The Balaban J connectivity index is 2.00. The molecule has 0 bridgehead atoms. The number of hydrogen-bond acceptors (Lipinski definition) is 4. The molecule has 1 aromatic carbocycles. The van der Waals surface area contributed by atoms with Crippen molar-refractivity contribution in [3.05, 3.63) is 29.8 Å². The highest BCUT2D eigenvalue weighted by atomic mass is 16.3. The highest BCUT2D eigenvalue weighted by Gasteiger charge is 2.34. The van der Waals surface area contributed by atoms with Crippen LogP contribution in [0.2, 0.25) is 0 Å². The molecule has 1 saturated heterocycles. The normalized spacial score (nSPS) is 22.4. The zero-order chi connectivity index (χ0) is 17.0. The van der Waals surface area contributed by atoms with E-state index in [0.717, 1.165) is 12.1 Å². The molecule has 1 aliphatic rings. The van der Waals surface area contributed by atoms with E-state index in [9.17, 15) is 9.90 Å². The van der Waals surface area contributed by atoms with Crippen molar-refractivity contribution in [3.63, 3.8) is 0 Å². The fraction of sp³-hybridized carbons (Fsp3) is 0.611. The minimum Gasteiger partial charge on any atom is -0.389 e. The second-order valence-corrected chi connectivity index (χ2v) is 6.81. The Kier molecular flexibility index (Phi) is 6.02. The number of hydrogen-bond donors (Lipinski definition) is 3. The largest absolute Gasteiger partial charge is 0.389 e. The third-order valence-corrected chi connectivity index (χ3v) is 4.39. The molecule has 1 heterocycles. The number of β-amino-alcohol motifs (C(OH)–C–C–N with tert-alkyl or cyclic N) is 1. The van der Waals surface area contributed by atoms with E-state index < -0.39 is 12.1 Å². The van der Waals surface area contributed by atoms with Crippen LogP contribution in [0.25, 0.3) is 0 Å². The molecule has 2 rings (SSSR count). The van der Waals surface area contributed by atoms with Crippen LogP contribution >= 0.6 is 0 Å². The first-order valence-corrected chi connectivity index (χ1v) is 8.49. The highest BCUT2D eigenvalue weighted by molar-refractivity contribution is 5.82. The molecule has 0 radical (unpaired) electrons. The van der Waals surface area contributed by atoms with Gasteiger partial charge in [-0.15, -0.1) is 0 Å². The summed E-state index contributed by atoms with van der Waals surface area (Å²) in [6.45, 7) is 7.34. The maximum atomic E-state index is 12.2. The first-order valence-electron chi connectivity index (χ1n) is 8.49. The molecule has 1 aliphatic heterocycles. The van der Waals surface area contributed by atoms with E-state index in [4.69, 9.17) is 5.73 Å². The molecule has 0 aliphatic carbocycles. The van der Waals surface area contributed by atoms with Gasteiger partial charge in [0.15, 0.2) is 0 Å². The number of aliphatic hydroxyl groups is 1. The molecule has 5 nitrogen and oxygen atoms in total. The van der Waals surface area contributed by atoms with Gasteiger partial charge in [-0.25, -0.2) is 0 Å². The molecule has 0 saturated carbocycles. The Hall–Kier alpha value is -1.59. The molecular formula is C18H29N3O2. The lowest BCUT2D eigenvalue weighted by Gasteiger charge is -2.22. The fourth-order valence-electron chi connectivity index (χ4n) is 3.15.